The van der Waals surface area contributed by atoms with Crippen molar-refractivity contribution in [1.29, 1.82) is 0 Å². The van der Waals surface area contributed by atoms with Crippen LogP contribution in [0.5, 0.6) is 0 Å². The molecule has 0 bridgehead atoms. The molecule has 0 N–H and O–H groups in total. The van der Waals surface area contributed by atoms with Crippen LogP contribution in [-0.4, -0.2) is 49.9 Å². The highest BCUT2D eigenvalue weighted by Gasteiger charge is 2.41. The molecule has 2 fully saturated rings. The molecule has 0 radical (unpaired) electrons. The lowest BCUT2D eigenvalue weighted by molar-refractivity contribution is -0.140. The van der Waals surface area contributed by atoms with Gasteiger partial charge < -0.3 is 4.74 Å². The number of Topliss-reactive ketones (excluding diaryl/α,β-unsaturated/α-hetero) is 1. The number of rotatable bonds is 5. The molecular formula is C14H23NO5S. The van der Waals surface area contributed by atoms with Crippen LogP contribution in [0, 0.1) is 5.92 Å². The summed E-state index contributed by atoms with van der Waals surface area (Å²) in [5.74, 6) is -0.726. The maximum atomic E-state index is 12.4. The van der Waals surface area contributed by atoms with Crippen LogP contribution in [0.2, 0.25) is 0 Å². The Labute approximate surface area is 125 Å². The molecule has 0 amide bonds. The van der Waals surface area contributed by atoms with Gasteiger partial charge in [0.05, 0.1) is 19.3 Å². The van der Waals surface area contributed by atoms with Crippen molar-refractivity contribution in [3.05, 3.63) is 0 Å². The summed E-state index contributed by atoms with van der Waals surface area (Å²) >= 11 is 0. The normalized spacial score (nSPS) is 27.8. The Morgan fingerprint density at radius 1 is 1.29 bits per heavy atom. The van der Waals surface area contributed by atoms with Crippen LogP contribution in [0.1, 0.15) is 44.9 Å². The monoisotopic (exact) mass is 317 g/mol. The molecule has 1 saturated heterocycles. The Bertz CT molecular complexity index is 501. The summed E-state index contributed by atoms with van der Waals surface area (Å²) in [4.78, 5) is 23.2. The van der Waals surface area contributed by atoms with Crippen molar-refractivity contribution in [2.45, 2.75) is 51.0 Å². The standard InChI is InChI=1S/C14H23NO5S/c1-20-14(17)8-10-21(18,19)15-9-4-6-12(15)11-5-2-3-7-13(11)16/h11-12H,2-10H2,1H3. The highest BCUT2D eigenvalue weighted by Crippen LogP contribution is 2.34. The fraction of sp³-hybridized carbons (Fsp3) is 0.857. The zero-order valence-electron chi connectivity index (χ0n) is 12.4. The minimum Gasteiger partial charge on any atom is -0.469 e. The molecule has 7 heteroatoms. The Balaban J connectivity index is 2.06. The average Bonchev–Trinajstić information content (AvgIpc) is 2.95. The number of sulfonamides is 1. The third-order valence-electron chi connectivity index (χ3n) is 4.46. The van der Waals surface area contributed by atoms with E-state index in [-0.39, 0.29) is 29.9 Å². The van der Waals surface area contributed by atoms with Crippen LogP contribution < -0.4 is 0 Å². The topological polar surface area (TPSA) is 80.8 Å². The second-order valence-electron chi connectivity index (χ2n) is 5.78. The van der Waals surface area contributed by atoms with E-state index in [1.54, 1.807) is 0 Å². The van der Waals surface area contributed by atoms with E-state index in [1.165, 1.54) is 11.4 Å². The largest absolute Gasteiger partial charge is 0.469 e. The molecule has 6 nitrogen and oxygen atoms in total. The van der Waals surface area contributed by atoms with Crippen molar-refractivity contribution >= 4 is 21.8 Å². The Kier molecular flexibility index (Phi) is 5.37. The molecule has 2 rings (SSSR count). The lowest BCUT2D eigenvalue weighted by atomic mass is 9.82. The molecule has 120 valence electrons. The SMILES string of the molecule is COC(=O)CCS(=O)(=O)N1CCCC1C1CCCCC1=O. The minimum atomic E-state index is -3.51. The van der Waals surface area contributed by atoms with Gasteiger partial charge in [-0.2, -0.15) is 4.31 Å². The van der Waals surface area contributed by atoms with Gasteiger partial charge in [-0.05, 0) is 25.7 Å². The molecule has 1 heterocycles. The maximum Gasteiger partial charge on any atom is 0.306 e. The van der Waals surface area contributed by atoms with Crippen LogP contribution in [0.4, 0.5) is 0 Å². The van der Waals surface area contributed by atoms with Gasteiger partial charge in [0.2, 0.25) is 10.0 Å². The summed E-state index contributed by atoms with van der Waals surface area (Å²) < 4.78 is 30.8. The number of ketones is 1. The molecule has 0 aromatic carbocycles. The number of ether oxygens (including phenoxy) is 1. The van der Waals surface area contributed by atoms with E-state index in [2.05, 4.69) is 4.74 Å². The van der Waals surface area contributed by atoms with E-state index in [0.717, 1.165) is 32.1 Å². The van der Waals surface area contributed by atoms with Crippen LogP contribution in [-0.2, 0) is 24.3 Å². The highest BCUT2D eigenvalue weighted by atomic mass is 32.2. The summed E-state index contributed by atoms with van der Waals surface area (Å²) in [5.41, 5.74) is 0. The van der Waals surface area contributed by atoms with Crippen molar-refractivity contribution in [2.24, 2.45) is 5.92 Å². The van der Waals surface area contributed by atoms with Crippen LogP contribution in [0.25, 0.3) is 0 Å². The fourth-order valence-electron chi connectivity index (χ4n) is 3.36. The summed E-state index contributed by atoms with van der Waals surface area (Å²) in [7, 11) is -2.26. The third-order valence-corrected chi connectivity index (χ3v) is 6.35. The molecule has 0 spiro atoms. The summed E-state index contributed by atoms with van der Waals surface area (Å²) in [6.07, 6.45) is 4.64. The fourth-order valence-corrected chi connectivity index (χ4v) is 5.09. The summed E-state index contributed by atoms with van der Waals surface area (Å²) in [6, 6.07) is -0.208. The van der Waals surface area contributed by atoms with Crippen molar-refractivity contribution in [2.75, 3.05) is 19.4 Å². The number of methoxy groups -OCH3 is 1. The molecular weight excluding hydrogens is 294 g/mol. The number of carbonyl (C=O) groups excluding carboxylic acids is 2. The van der Waals surface area contributed by atoms with Gasteiger partial charge >= 0.3 is 5.97 Å². The zero-order chi connectivity index (χ0) is 15.5. The predicted molar refractivity (Wildman–Crippen MR) is 77.1 cm³/mol. The number of esters is 1. The first-order valence-electron chi connectivity index (χ1n) is 7.55. The molecule has 1 aliphatic carbocycles. The van der Waals surface area contributed by atoms with Gasteiger partial charge in [0, 0.05) is 24.9 Å². The first-order chi connectivity index (χ1) is 9.95. The lowest BCUT2D eigenvalue weighted by Gasteiger charge is -2.32. The zero-order valence-corrected chi connectivity index (χ0v) is 13.2. The van der Waals surface area contributed by atoms with E-state index >= 15 is 0 Å². The number of carbonyl (C=O) groups is 2. The van der Waals surface area contributed by atoms with Gasteiger partial charge in [0.25, 0.3) is 0 Å². The van der Waals surface area contributed by atoms with Crippen LogP contribution >= 0.6 is 0 Å². The first kappa shape index (κ1) is 16.4. The summed E-state index contributed by atoms with van der Waals surface area (Å²) in [5, 5.41) is 0. The van der Waals surface area contributed by atoms with E-state index in [1.807, 2.05) is 0 Å². The van der Waals surface area contributed by atoms with E-state index < -0.39 is 16.0 Å². The smallest absolute Gasteiger partial charge is 0.306 e. The lowest BCUT2D eigenvalue weighted by Crippen LogP contribution is -2.44. The molecule has 0 aromatic rings. The van der Waals surface area contributed by atoms with Gasteiger partial charge in [-0.3, -0.25) is 9.59 Å². The second-order valence-corrected chi connectivity index (χ2v) is 7.82. The molecule has 1 aliphatic heterocycles. The molecule has 2 unspecified atom stereocenters. The highest BCUT2D eigenvalue weighted by molar-refractivity contribution is 7.89. The van der Waals surface area contributed by atoms with Gasteiger partial charge in [0.1, 0.15) is 5.78 Å². The Morgan fingerprint density at radius 2 is 2.05 bits per heavy atom. The van der Waals surface area contributed by atoms with Crippen molar-refractivity contribution in [3.8, 4) is 0 Å². The molecule has 21 heavy (non-hydrogen) atoms. The number of nitrogens with zero attached hydrogens (tertiary/aromatic N) is 1. The molecule has 2 aliphatic rings. The molecule has 2 atom stereocenters. The number of hydrogen-bond acceptors (Lipinski definition) is 5. The molecule has 1 saturated carbocycles. The van der Waals surface area contributed by atoms with Gasteiger partial charge in [-0.1, -0.05) is 6.42 Å². The quantitative estimate of drug-likeness (QED) is 0.709. The predicted octanol–water partition coefficient (Wildman–Crippen LogP) is 1.10. The Hall–Kier alpha value is -0.950. The van der Waals surface area contributed by atoms with E-state index in [4.69, 9.17) is 0 Å². The van der Waals surface area contributed by atoms with Crippen LogP contribution in [0.3, 0.4) is 0 Å². The second kappa shape index (κ2) is 6.87. The minimum absolute atomic E-state index is 0.138. The van der Waals surface area contributed by atoms with Crippen LogP contribution in [0.15, 0.2) is 0 Å². The van der Waals surface area contributed by atoms with Crippen molar-refractivity contribution < 1.29 is 22.7 Å². The van der Waals surface area contributed by atoms with Gasteiger partial charge in [0.15, 0.2) is 0 Å². The average molecular weight is 317 g/mol. The van der Waals surface area contributed by atoms with E-state index in [9.17, 15) is 18.0 Å². The first-order valence-corrected chi connectivity index (χ1v) is 9.15. The Morgan fingerprint density at radius 3 is 2.71 bits per heavy atom. The van der Waals surface area contributed by atoms with E-state index in [0.29, 0.717) is 13.0 Å². The third kappa shape index (κ3) is 3.83. The maximum absolute atomic E-state index is 12.4. The van der Waals surface area contributed by atoms with Crippen molar-refractivity contribution in [3.63, 3.8) is 0 Å². The summed E-state index contributed by atoms with van der Waals surface area (Å²) in [6.45, 7) is 0.456. The van der Waals surface area contributed by atoms with Gasteiger partial charge in [-0.15, -0.1) is 0 Å². The van der Waals surface area contributed by atoms with Crippen molar-refractivity contribution in [1.82, 2.24) is 4.31 Å². The number of hydrogen-bond donors (Lipinski definition) is 0. The molecule has 0 aromatic heterocycles. The van der Waals surface area contributed by atoms with Gasteiger partial charge in [-0.25, -0.2) is 8.42 Å².